The maximum atomic E-state index is 11.6. The number of hydrogen-bond acceptors (Lipinski definition) is 3. The topological polar surface area (TPSA) is 91.3 Å². The summed E-state index contributed by atoms with van der Waals surface area (Å²) in [4.78, 5) is 26.3. The molecule has 0 aromatic carbocycles. The molecule has 0 aliphatic carbocycles. The molecule has 6 nitrogen and oxygen atoms in total. The van der Waals surface area contributed by atoms with Crippen LogP contribution in [0.15, 0.2) is 24.5 Å². The minimum atomic E-state index is -0.911. The molecule has 19 heavy (non-hydrogen) atoms. The number of nitrogens with one attached hydrogen (secondary N) is 2. The summed E-state index contributed by atoms with van der Waals surface area (Å²) in [6.45, 7) is 2.32. The zero-order valence-electron chi connectivity index (χ0n) is 10.9. The van der Waals surface area contributed by atoms with E-state index in [-0.39, 0.29) is 18.5 Å². The Labute approximate surface area is 112 Å². The van der Waals surface area contributed by atoms with Gasteiger partial charge in [0.05, 0.1) is 6.42 Å². The van der Waals surface area contributed by atoms with Gasteiger partial charge in [0.1, 0.15) is 0 Å². The molecule has 0 aliphatic heterocycles. The van der Waals surface area contributed by atoms with Crippen molar-refractivity contribution in [3.05, 3.63) is 30.1 Å². The molecule has 0 bridgehead atoms. The van der Waals surface area contributed by atoms with E-state index in [9.17, 15) is 9.59 Å². The van der Waals surface area contributed by atoms with Gasteiger partial charge in [-0.15, -0.1) is 0 Å². The van der Waals surface area contributed by atoms with E-state index in [1.54, 1.807) is 18.5 Å². The van der Waals surface area contributed by atoms with Gasteiger partial charge in [-0.25, -0.2) is 4.79 Å². The van der Waals surface area contributed by atoms with Crippen LogP contribution in [0.2, 0.25) is 0 Å². The quantitative estimate of drug-likeness (QED) is 0.697. The van der Waals surface area contributed by atoms with E-state index in [4.69, 9.17) is 5.11 Å². The summed E-state index contributed by atoms with van der Waals surface area (Å²) in [5.41, 5.74) is 0.892. The van der Waals surface area contributed by atoms with Gasteiger partial charge in [-0.1, -0.05) is 19.4 Å². The lowest BCUT2D eigenvalue weighted by atomic mass is 10.1. The molecule has 0 saturated heterocycles. The molecule has 1 heterocycles. The SMILES string of the molecule is CCCC(CC(=O)O)NC(=O)NCc1cccnc1. The molecule has 0 fully saturated rings. The van der Waals surface area contributed by atoms with Crippen LogP contribution in [-0.2, 0) is 11.3 Å². The van der Waals surface area contributed by atoms with Crippen LogP contribution < -0.4 is 10.6 Å². The predicted octanol–water partition coefficient (Wildman–Crippen LogP) is 1.52. The maximum absolute atomic E-state index is 11.6. The zero-order chi connectivity index (χ0) is 14.1. The first kappa shape index (κ1) is 14.9. The number of urea groups is 1. The van der Waals surface area contributed by atoms with E-state index in [1.165, 1.54) is 0 Å². The first-order valence-electron chi connectivity index (χ1n) is 6.27. The Morgan fingerprint density at radius 1 is 1.47 bits per heavy atom. The van der Waals surface area contributed by atoms with Gasteiger partial charge >= 0.3 is 12.0 Å². The van der Waals surface area contributed by atoms with Crippen molar-refractivity contribution in [2.75, 3.05) is 0 Å². The smallest absolute Gasteiger partial charge is 0.315 e. The summed E-state index contributed by atoms with van der Waals surface area (Å²) < 4.78 is 0. The van der Waals surface area contributed by atoms with Crippen LogP contribution in [0.3, 0.4) is 0 Å². The van der Waals surface area contributed by atoms with Crippen molar-refractivity contribution in [3.8, 4) is 0 Å². The fraction of sp³-hybridized carbons (Fsp3) is 0.462. The zero-order valence-corrected chi connectivity index (χ0v) is 10.9. The second kappa shape index (κ2) is 8.07. The van der Waals surface area contributed by atoms with Crippen molar-refractivity contribution in [2.24, 2.45) is 0 Å². The van der Waals surface area contributed by atoms with E-state index in [0.29, 0.717) is 13.0 Å². The second-order valence-electron chi connectivity index (χ2n) is 4.27. The van der Waals surface area contributed by atoms with Crippen molar-refractivity contribution in [2.45, 2.75) is 38.8 Å². The Bertz CT molecular complexity index is 409. The summed E-state index contributed by atoms with van der Waals surface area (Å²) in [5, 5.41) is 14.1. The summed E-state index contributed by atoms with van der Waals surface area (Å²) in [5.74, 6) is -0.911. The van der Waals surface area contributed by atoms with Gasteiger partial charge in [0.2, 0.25) is 0 Å². The number of carboxylic acid groups (broad SMARTS) is 1. The second-order valence-corrected chi connectivity index (χ2v) is 4.27. The summed E-state index contributed by atoms with van der Waals surface area (Å²) in [6.07, 6.45) is 4.73. The molecule has 0 radical (unpaired) electrons. The number of aromatic nitrogens is 1. The summed E-state index contributed by atoms with van der Waals surface area (Å²) in [7, 11) is 0. The van der Waals surface area contributed by atoms with Crippen LogP contribution >= 0.6 is 0 Å². The molecule has 0 saturated carbocycles. The molecule has 0 aliphatic rings. The van der Waals surface area contributed by atoms with E-state index in [1.807, 2.05) is 13.0 Å². The van der Waals surface area contributed by atoms with Gasteiger partial charge in [0.25, 0.3) is 0 Å². The number of amides is 2. The largest absolute Gasteiger partial charge is 0.481 e. The minimum absolute atomic E-state index is 0.0614. The van der Waals surface area contributed by atoms with E-state index in [2.05, 4.69) is 15.6 Å². The number of nitrogens with zero attached hydrogens (tertiary/aromatic N) is 1. The highest BCUT2D eigenvalue weighted by atomic mass is 16.4. The predicted molar refractivity (Wildman–Crippen MR) is 70.6 cm³/mol. The highest BCUT2D eigenvalue weighted by Gasteiger charge is 2.14. The van der Waals surface area contributed by atoms with Crippen LogP contribution in [-0.4, -0.2) is 28.1 Å². The first-order chi connectivity index (χ1) is 9.11. The lowest BCUT2D eigenvalue weighted by Crippen LogP contribution is -2.42. The maximum Gasteiger partial charge on any atom is 0.315 e. The summed E-state index contributed by atoms with van der Waals surface area (Å²) >= 11 is 0. The highest BCUT2D eigenvalue weighted by Crippen LogP contribution is 2.02. The number of carbonyl (C=O) groups is 2. The van der Waals surface area contributed by atoms with E-state index in [0.717, 1.165) is 12.0 Å². The Balaban J connectivity index is 2.37. The van der Waals surface area contributed by atoms with Gasteiger partial charge in [0.15, 0.2) is 0 Å². The molecule has 6 heteroatoms. The average Bonchev–Trinajstić information content (AvgIpc) is 2.37. The fourth-order valence-electron chi connectivity index (χ4n) is 1.71. The standard InChI is InChI=1S/C13H19N3O3/c1-2-4-11(7-12(17)18)16-13(19)15-9-10-5-3-6-14-8-10/h3,5-6,8,11H,2,4,7,9H2,1H3,(H,17,18)(H2,15,16,19). The minimum Gasteiger partial charge on any atom is -0.481 e. The third-order valence-corrected chi connectivity index (χ3v) is 2.57. The Morgan fingerprint density at radius 3 is 2.84 bits per heavy atom. The third kappa shape index (κ3) is 6.40. The van der Waals surface area contributed by atoms with Crippen LogP contribution in [0, 0.1) is 0 Å². The normalized spacial score (nSPS) is 11.6. The van der Waals surface area contributed by atoms with Gasteiger partial charge in [-0.2, -0.15) is 0 Å². The molecule has 3 N–H and O–H groups in total. The van der Waals surface area contributed by atoms with Crippen molar-refractivity contribution in [3.63, 3.8) is 0 Å². The van der Waals surface area contributed by atoms with Crippen LogP contribution in [0.1, 0.15) is 31.7 Å². The van der Waals surface area contributed by atoms with Crippen LogP contribution in [0.25, 0.3) is 0 Å². The van der Waals surface area contributed by atoms with Gasteiger partial charge < -0.3 is 15.7 Å². The molecule has 1 aromatic heterocycles. The Kier molecular flexibility index (Phi) is 6.35. The van der Waals surface area contributed by atoms with Crippen LogP contribution in [0.4, 0.5) is 4.79 Å². The molecule has 1 atom stereocenters. The van der Waals surface area contributed by atoms with E-state index >= 15 is 0 Å². The molecule has 2 amide bonds. The van der Waals surface area contributed by atoms with Crippen molar-refractivity contribution < 1.29 is 14.7 Å². The van der Waals surface area contributed by atoms with Gasteiger partial charge in [-0.05, 0) is 18.1 Å². The van der Waals surface area contributed by atoms with Gasteiger partial charge in [0, 0.05) is 25.0 Å². The number of hydrogen-bond donors (Lipinski definition) is 3. The molecule has 1 aromatic rings. The molecular formula is C13H19N3O3. The first-order valence-corrected chi connectivity index (χ1v) is 6.27. The fourth-order valence-corrected chi connectivity index (χ4v) is 1.71. The summed E-state index contributed by atoms with van der Waals surface area (Å²) in [6, 6.07) is 2.95. The molecular weight excluding hydrogens is 246 g/mol. The number of aliphatic carboxylic acids is 1. The van der Waals surface area contributed by atoms with Crippen molar-refractivity contribution in [1.82, 2.24) is 15.6 Å². The molecule has 1 rings (SSSR count). The monoisotopic (exact) mass is 265 g/mol. The number of rotatable bonds is 7. The molecule has 0 spiro atoms. The van der Waals surface area contributed by atoms with Crippen molar-refractivity contribution >= 4 is 12.0 Å². The molecule has 1 unspecified atom stereocenters. The molecule has 104 valence electrons. The van der Waals surface area contributed by atoms with Crippen molar-refractivity contribution in [1.29, 1.82) is 0 Å². The lowest BCUT2D eigenvalue weighted by Gasteiger charge is -2.16. The van der Waals surface area contributed by atoms with Crippen LogP contribution in [0.5, 0.6) is 0 Å². The third-order valence-electron chi connectivity index (χ3n) is 2.57. The Morgan fingerprint density at radius 2 is 2.26 bits per heavy atom. The lowest BCUT2D eigenvalue weighted by molar-refractivity contribution is -0.137. The Hall–Kier alpha value is -2.11. The number of carboxylic acids is 1. The van der Waals surface area contributed by atoms with E-state index < -0.39 is 5.97 Å². The number of carbonyl (C=O) groups excluding carboxylic acids is 1. The average molecular weight is 265 g/mol. The number of pyridine rings is 1. The van der Waals surface area contributed by atoms with Gasteiger partial charge in [-0.3, -0.25) is 9.78 Å². The highest BCUT2D eigenvalue weighted by molar-refractivity contribution is 5.75.